The van der Waals surface area contributed by atoms with Crippen LogP contribution in [0.1, 0.15) is 23.0 Å². The fraction of sp³-hybridized carbons (Fsp3) is 0.214. The number of benzene rings is 1. The molecule has 0 spiro atoms. The maximum Gasteiger partial charge on any atom is 0.326 e. The number of aliphatic carboxylic acids is 1. The van der Waals surface area contributed by atoms with E-state index in [1.54, 1.807) is 12.4 Å². The topological polar surface area (TPSA) is 79.3 Å². The summed E-state index contributed by atoms with van der Waals surface area (Å²) in [6.07, 6.45) is 0.334. The third-order valence-corrected chi connectivity index (χ3v) is 3.66. The minimum absolute atomic E-state index is 0.334. The molecule has 2 rings (SSSR count). The van der Waals surface area contributed by atoms with Crippen LogP contribution >= 0.6 is 11.3 Å². The van der Waals surface area contributed by atoms with Crippen molar-refractivity contribution < 1.29 is 14.7 Å². The number of rotatable bonds is 5. The van der Waals surface area contributed by atoms with Crippen LogP contribution in [0.15, 0.2) is 35.8 Å². The highest BCUT2D eigenvalue weighted by Crippen LogP contribution is 2.25. The maximum atomic E-state index is 12.2. The molecule has 5 nitrogen and oxygen atoms in total. The summed E-state index contributed by atoms with van der Waals surface area (Å²) in [5.41, 5.74) is 2.99. The smallest absolute Gasteiger partial charge is 0.326 e. The van der Waals surface area contributed by atoms with Gasteiger partial charge in [-0.15, -0.1) is 11.3 Å². The van der Waals surface area contributed by atoms with Crippen molar-refractivity contribution in [1.82, 2.24) is 10.3 Å². The Balaban J connectivity index is 2.24. The molecular weight excluding hydrogens is 276 g/mol. The van der Waals surface area contributed by atoms with Crippen LogP contribution in [0.25, 0.3) is 11.3 Å². The summed E-state index contributed by atoms with van der Waals surface area (Å²) in [6, 6.07) is 8.45. The van der Waals surface area contributed by atoms with E-state index in [2.05, 4.69) is 10.3 Å². The van der Waals surface area contributed by atoms with Gasteiger partial charge in [0.2, 0.25) is 0 Å². The van der Waals surface area contributed by atoms with Crippen LogP contribution in [-0.4, -0.2) is 28.0 Å². The third kappa shape index (κ3) is 3.03. The van der Waals surface area contributed by atoms with Gasteiger partial charge in [0.1, 0.15) is 10.9 Å². The van der Waals surface area contributed by atoms with Gasteiger partial charge in [-0.3, -0.25) is 4.79 Å². The molecule has 0 aliphatic carbocycles. The molecule has 0 saturated heterocycles. The van der Waals surface area contributed by atoms with Crippen LogP contribution in [0.2, 0.25) is 0 Å². The molecule has 1 heterocycles. The molecule has 0 bridgehead atoms. The molecule has 20 heavy (non-hydrogen) atoms. The van der Waals surface area contributed by atoms with Gasteiger partial charge in [0.15, 0.2) is 0 Å². The van der Waals surface area contributed by atoms with E-state index in [0.717, 1.165) is 5.56 Å². The first-order chi connectivity index (χ1) is 9.63. The molecule has 0 aliphatic heterocycles. The van der Waals surface area contributed by atoms with E-state index in [1.807, 2.05) is 30.3 Å². The number of thiazole rings is 1. The average Bonchev–Trinajstić information content (AvgIpc) is 2.94. The minimum atomic E-state index is -1.04. The lowest BCUT2D eigenvalue weighted by molar-refractivity contribution is -0.139. The molecule has 6 heteroatoms. The number of nitrogens with one attached hydrogen (secondary N) is 1. The number of amides is 1. The maximum absolute atomic E-state index is 12.2. The third-order valence-electron chi connectivity index (χ3n) is 2.83. The fourth-order valence-corrected chi connectivity index (χ4v) is 2.48. The Bertz CT molecular complexity index is 610. The highest BCUT2D eigenvalue weighted by atomic mass is 32.1. The second kappa shape index (κ2) is 6.29. The molecule has 1 unspecified atom stereocenters. The molecule has 1 amide bonds. The Morgan fingerprint density at radius 2 is 2.05 bits per heavy atom. The van der Waals surface area contributed by atoms with Gasteiger partial charge in [-0.05, 0) is 6.42 Å². The first-order valence-electron chi connectivity index (χ1n) is 6.16. The highest BCUT2D eigenvalue weighted by molar-refractivity contribution is 7.12. The van der Waals surface area contributed by atoms with E-state index in [9.17, 15) is 9.59 Å². The predicted molar refractivity (Wildman–Crippen MR) is 76.7 cm³/mol. The monoisotopic (exact) mass is 290 g/mol. The zero-order chi connectivity index (χ0) is 14.5. The number of carbonyl (C=O) groups is 2. The van der Waals surface area contributed by atoms with Gasteiger partial charge >= 0.3 is 5.97 Å². The van der Waals surface area contributed by atoms with Gasteiger partial charge in [0, 0.05) is 5.56 Å². The number of hydrogen-bond donors (Lipinski definition) is 2. The largest absolute Gasteiger partial charge is 0.480 e. The first kappa shape index (κ1) is 14.2. The van der Waals surface area contributed by atoms with Gasteiger partial charge in [-0.25, -0.2) is 9.78 Å². The summed E-state index contributed by atoms with van der Waals surface area (Å²) >= 11 is 1.20. The molecule has 2 aromatic rings. The second-order valence-corrected chi connectivity index (χ2v) is 5.02. The summed E-state index contributed by atoms with van der Waals surface area (Å²) in [6.45, 7) is 1.71. The highest BCUT2D eigenvalue weighted by Gasteiger charge is 2.22. The lowest BCUT2D eigenvalue weighted by Crippen LogP contribution is -2.40. The van der Waals surface area contributed by atoms with Crippen molar-refractivity contribution in [3.63, 3.8) is 0 Å². The van der Waals surface area contributed by atoms with Crippen molar-refractivity contribution in [2.45, 2.75) is 19.4 Å². The van der Waals surface area contributed by atoms with E-state index in [-0.39, 0.29) is 0 Å². The average molecular weight is 290 g/mol. The van der Waals surface area contributed by atoms with Gasteiger partial charge in [-0.1, -0.05) is 37.3 Å². The van der Waals surface area contributed by atoms with Crippen LogP contribution in [0.5, 0.6) is 0 Å². The van der Waals surface area contributed by atoms with Crippen molar-refractivity contribution in [3.8, 4) is 11.3 Å². The van der Waals surface area contributed by atoms with Crippen LogP contribution in [0.4, 0.5) is 0 Å². The standard InChI is InChI=1S/C14H14N2O3S/c1-2-10(14(18)19)16-13(17)12-11(15-8-20-12)9-6-4-3-5-7-9/h3-8,10H,2H2,1H3,(H,16,17)(H,18,19). The minimum Gasteiger partial charge on any atom is -0.480 e. The zero-order valence-electron chi connectivity index (χ0n) is 10.9. The van der Waals surface area contributed by atoms with Gasteiger partial charge in [0.25, 0.3) is 5.91 Å². The van der Waals surface area contributed by atoms with E-state index in [4.69, 9.17) is 5.11 Å². The molecule has 1 aromatic heterocycles. The molecule has 1 atom stereocenters. The van der Waals surface area contributed by atoms with Crippen molar-refractivity contribution in [2.24, 2.45) is 0 Å². The summed E-state index contributed by atoms with van der Waals surface area (Å²) in [5.74, 6) is -1.44. The number of hydrogen-bond acceptors (Lipinski definition) is 4. The van der Waals surface area contributed by atoms with Crippen LogP contribution in [0, 0.1) is 0 Å². The Morgan fingerprint density at radius 3 is 2.65 bits per heavy atom. The van der Waals surface area contributed by atoms with E-state index in [0.29, 0.717) is 17.0 Å². The number of carboxylic acids is 1. The Morgan fingerprint density at radius 1 is 1.35 bits per heavy atom. The zero-order valence-corrected chi connectivity index (χ0v) is 11.7. The lowest BCUT2D eigenvalue weighted by atomic mass is 10.1. The van der Waals surface area contributed by atoms with Crippen molar-refractivity contribution in [1.29, 1.82) is 0 Å². The van der Waals surface area contributed by atoms with Crippen molar-refractivity contribution >= 4 is 23.2 Å². The van der Waals surface area contributed by atoms with Gasteiger partial charge in [0.05, 0.1) is 11.2 Å². The summed E-state index contributed by atoms with van der Waals surface area (Å²) in [5, 5.41) is 11.5. The Hall–Kier alpha value is -2.21. The number of carbonyl (C=O) groups excluding carboxylic acids is 1. The normalized spacial score (nSPS) is 11.8. The van der Waals surface area contributed by atoms with Crippen molar-refractivity contribution in [2.75, 3.05) is 0 Å². The molecule has 0 saturated carbocycles. The van der Waals surface area contributed by atoms with E-state index in [1.165, 1.54) is 11.3 Å². The summed E-state index contributed by atoms with van der Waals surface area (Å²) in [4.78, 5) is 27.8. The molecule has 2 N–H and O–H groups in total. The Labute approximate surface area is 120 Å². The van der Waals surface area contributed by atoms with Crippen LogP contribution in [-0.2, 0) is 4.79 Å². The van der Waals surface area contributed by atoms with Crippen molar-refractivity contribution in [3.05, 3.63) is 40.7 Å². The predicted octanol–water partition coefficient (Wildman–Crippen LogP) is 2.40. The Kier molecular flexibility index (Phi) is 4.47. The number of carboxylic acid groups (broad SMARTS) is 1. The van der Waals surface area contributed by atoms with Gasteiger partial charge < -0.3 is 10.4 Å². The molecule has 104 valence electrons. The van der Waals surface area contributed by atoms with E-state index >= 15 is 0 Å². The van der Waals surface area contributed by atoms with Gasteiger partial charge in [-0.2, -0.15) is 0 Å². The molecule has 1 aromatic carbocycles. The quantitative estimate of drug-likeness (QED) is 0.886. The molecule has 0 radical (unpaired) electrons. The number of aromatic nitrogens is 1. The SMILES string of the molecule is CCC(NC(=O)c1scnc1-c1ccccc1)C(=O)O. The first-order valence-corrected chi connectivity index (χ1v) is 7.04. The summed E-state index contributed by atoms with van der Waals surface area (Å²) < 4.78 is 0. The van der Waals surface area contributed by atoms with E-state index < -0.39 is 17.9 Å². The number of nitrogens with zero attached hydrogens (tertiary/aromatic N) is 1. The summed E-state index contributed by atoms with van der Waals surface area (Å²) in [7, 11) is 0. The second-order valence-electron chi connectivity index (χ2n) is 4.17. The molecule has 0 fully saturated rings. The van der Waals surface area contributed by atoms with Crippen LogP contribution < -0.4 is 5.32 Å². The lowest BCUT2D eigenvalue weighted by Gasteiger charge is -2.11. The molecular formula is C14H14N2O3S. The van der Waals surface area contributed by atoms with Crippen LogP contribution in [0.3, 0.4) is 0 Å². The fourth-order valence-electron chi connectivity index (χ4n) is 1.77. The molecule has 0 aliphatic rings.